The van der Waals surface area contributed by atoms with Crippen LogP contribution in [0.25, 0.3) is 0 Å². The fraction of sp³-hybridized carbons (Fsp3) is 0.344. The van der Waals surface area contributed by atoms with Gasteiger partial charge < -0.3 is 21.1 Å². The lowest BCUT2D eigenvalue weighted by Gasteiger charge is -2.23. The first-order valence-corrected chi connectivity index (χ1v) is 16.0. The maximum absolute atomic E-state index is 13.6. The third-order valence-corrected chi connectivity index (χ3v) is 8.30. The van der Waals surface area contributed by atoms with Gasteiger partial charge in [-0.1, -0.05) is 74.0 Å². The minimum atomic E-state index is -3.70. The second-order valence-electron chi connectivity index (χ2n) is 10.6. The molecule has 11 heteroatoms. The molecule has 10 nitrogen and oxygen atoms in total. The molecule has 0 aliphatic carbocycles. The molecule has 0 saturated carbocycles. The smallest absolute Gasteiger partial charge is 0.320 e. The van der Waals surface area contributed by atoms with Gasteiger partial charge in [0.2, 0.25) is 10.0 Å². The van der Waals surface area contributed by atoms with E-state index in [4.69, 9.17) is 0 Å². The molecule has 0 radical (unpaired) electrons. The Morgan fingerprint density at radius 3 is 1.98 bits per heavy atom. The summed E-state index contributed by atoms with van der Waals surface area (Å²) in [5.74, 6) is -1.97. The van der Waals surface area contributed by atoms with E-state index in [2.05, 4.69) is 16.0 Å². The SMILES string of the molecule is CCC[C@H](NC[C@H](Cc1ccccc1)NC(=O)c1cc(C(=O)N[C@H](C)c2ccccc2)cc(N(C)S(C)(=O)=O)c1)C(=O)O. The average molecular weight is 609 g/mol. The lowest BCUT2D eigenvalue weighted by Crippen LogP contribution is -2.48. The van der Waals surface area contributed by atoms with E-state index in [9.17, 15) is 27.9 Å². The van der Waals surface area contributed by atoms with Crippen LogP contribution in [0.2, 0.25) is 0 Å². The molecule has 230 valence electrons. The van der Waals surface area contributed by atoms with Crippen LogP contribution in [0.3, 0.4) is 0 Å². The lowest BCUT2D eigenvalue weighted by atomic mass is 10.0. The van der Waals surface area contributed by atoms with Crippen LogP contribution in [0.5, 0.6) is 0 Å². The standard InChI is InChI=1S/C32H40N4O6S/c1-5-12-29(32(39)40)33-21-27(17-23-13-8-6-9-14-23)35-31(38)26-18-25(19-28(20-26)36(3)43(4,41)42)30(37)34-22(2)24-15-10-7-11-16-24/h6-11,13-16,18-20,22,27,29,33H,5,12,17,21H2,1-4H3,(H,34,37)(H,35,38)(H,39,40)/t22-,27+,29+/m1/s1. The minimum absolute atomic E-state index is 0.0897. The quantitative estimate of drug-likeness (QED) is 0.206. The zero-order chi connectivity index (χ0) is 31.6. The second kappa shape index (κ2) is 15.3. The molecule has 3 atom stereocenters. The number of carbonyl (C=O) groups excluding carboxylic acids is 2. The summed E-state index contributed by atoms with van der Waals surface area (Å²) in [4.78, 5) is 38.7. The van der Waals surface area contributed by atoms with Crippen molar-refractivity contribution in [1.29, 1.82) is 0 Å². The molecule has 3 rings (SSSR count). The molecule has 0 fully saturated rings. The first-order valence-electron chi connectivity index (χ1n) is 14.1. The molecule has 0 aliphatic rings. The Morgan fingerprint density at radius 2 is 1.44 bits per heavy atom. The van der Waals surface area contributed by atoms with E-state index >= 15 is 0 Å². The predicted octanol–water partition coefficient (Wildman–Crippen LogP) is 3.76. The van der Waals surface area contributed by atoms with Crippen LogP contribution in [0.4, 0.5) is 5.69 Å². The molecular weight excluding hydrogens is 568 g/mol. The molecule has 0 saturated heterocycles. The molecule has 3 aromatic carbocycles. The summed E-state index contributed by atoms with van der Waals surface area (Å²) in [7, 11) is -2.35. The van der Waals surface area contributed by atoms with E-state index in [0.29, 0.717) is 19.3 Å². The summed E-state index contributed by atoms with van der Waals surface area (Å²) < 4.78 is 25.7. The van der Waals surface area contributed by atoms with E-state index in [1.54, 1.807) is 0 Å². The van der Waals surface area contributed by atoms with Gasteiger partial charge in [-0.05, 0) is 49.1 Å². The van der Waals surface area contributed by atoms with Gasteiger partial charge in [-0.3, -0.25) is 18.7 Å². The fourth-order valence-electron chi connectivity index (χ4n) is 4.58. The maximum atomic E-state index is 13.6. The molecule has 3 aromatic rings. The van der Waals surface area contributed by atoms with E-state index in [1.165, 1.54) is 25.2 Å². The van der Waals surface area contributed by atoms with Crippen molar-refractivity contribution < 1.29 is 27.9 Å². The highest BCUT2D eigenvalue weighted by Crippen LogP contribution is 2.22. The summed E-state index contributed by atoms with van der Waals surface area (Å²) in [5, 5.41) is 18.5. The monoisotopic (exact) mass is 608 g/mol. The van der Waals surface area contributed by atoms with E-state index < -0.39 is 39.9 Å². The van der Waals surface area contributed by atoms with Gasteiger partial charge in [0.15, 0.2) is 0 Å². The van der Waals surface area contributed by atoms with Crippen molar-refractivity contribution in [3.8, 4) is 0 Å². The first kappa shape index (κ1) is 33.3. The molecule has 0 unspecified atom stereocenters. The van der Waals surface area contributed by atoms with E-state index in [-0.39, 0.29) is 29.4 Å². The van der Waals surface area contributed by atoms with Gasteiger partial charge in [-0.25, -0.2) is 8.42 Å². The number of hydrogen-bond acceptors (Lipinski definition) is 6. The molecule has 0 bridgehead atoms. The summed E-state index contributed by atoms with van der Waals surface area (Å²) in [6.45, 7) is 3.91. The van der Waals surface area contributed by atoms with Crippen LogP contribution in [0, 0.1) is 0 Å². The minimum Gasteiger partial charge on any atom is -0.480 e. The largest absolute Gasteiger partial charge is 0.480 e. The number of nitrogens with one attached hydrogen (secondary N) is 3. The van der Waals surface area contributed by atoms with Crippen molar-refractivity contribution in [1.82, 2.24) is 16.0 Å². The van der Waals surface area contributed by atoms with Gasteiger partial charge in [0, 0.05) is 30.8 Å². The molecule has 0 spiro atoms. The Bertz CT molecular complexity index is 1500. The molecule has 0 aliphatic heterocycles. The zero-order valence-corrected chi connectivity index (χ0v) is 25.7. The zero-order valence-electron chi connectivity index (χ0n) is 24.9. The number of hydrogen-bond donors (Lipinski definition) is 4. The number of carboxylic acids is 1. The van der Waals surface area contributed by atoms with Crippen LogP contribution in [-0.2, 0) is 21.2 Å². The van der Waals surface area contributed by atoms with Crippen LogP contribution in [-0.4, -0.2) is 63.2 Å². The van der Waals surface area contributed by atoms with Gasteiger partial charge in [-0.15, -0.1) is 0 Å². The Kier molecular flexibility index (Phi) is 11.8. The highest BCUT2D eigenvalue weighted by Gasteiger charge is 2.23. The molecule has 2 amide bonds. The molecule has 4 N–H and O–H groups in total. The fourth-order valence-corrected chi connectivity index (χ4v) is 5.07. The number of carboxylic acid groups (broad SMARTS) is 1. The summed E-state index contributed by atoms with van der Waals surface area (Å²) in [6.07, 6.45) is 2.56. The highest BCUT2D eigenvalue weighted by molar-refractivity contribution is 7.92. The van der Waals surface area contributed by atoms with Crippen molar-refractivity contribution in [2.45, 2.75) is 51.2 Å². The van der Waals surface area contributed by atoms with Crippen molar-refractivity contribution in [2.75, 3.05) is 24.2 Å². The molecule has 43 heavy (non-hydrogen) atoms. The van der Waals surface area contributed by atoms with Crippen molar-refractivity contribution in [2.24, 2.45) is 0 Å². The van der Waals surface area contributed by atoms with Gasteiger partial charge in [0.25, 0.3) is 11.8 Å². The summed E-state index contributed by atoms with van der Waals surface area (Å²) >= 11 is 0. The first-order chi connectivity index (χ1) is 20.4. The number of carbonyl (C=O) groups is 3. The third kappa shape index (κ3) is 9.93. The summed E-state index contributed by atoms with van der Waals surface area (Å²) in [5.41, 5.74) is 2.19. The number of amides is 2. The molecule has 0 heterocycles. The number of benzene rings is 3. The van der Waals surface area contributed by atoms with Gasteiger partial charge in [0.05, 0.1) is 18.0 Å². The van der Waals surface area contributed by atoms with Crippen LogP contribution in [0.15, 0.2) is 78.9 Å². The topological polar surface area (TPSA) is 145 Å². The highest BCUT2D eigenvalue weighted by atomic mass is 32.2. The Labute approximate surface area is 253 Å². The maximum Gasteiger partial charge on any atom is 0.320 e. The lowest BCUT2D eigenvalue weighted by molar-refractivity contribution is -0.139. The molecular formula is C32H40N4O6S. The van der Waals surface area contributed by atoms with Crippen LogP contribution in [0.1, 0.15) is 64.6 Å². The predicted molar refractivity (Wildman–Crippen MR) is 168 cm³/mol. The van der Waals surface area contributed by atoms with Crippen molar-refractivity contribution >= 4 is 33.5 Å². The van der Waals surface area contributed by atoms with Gasteiger partial charge in [-0.2, -0.15) is 0 Å². The van der Waals surface area contributed by atoms with Crippen LogP contribution < -0.4 is 20.3 Å². The number of anilines is 1. The number of aliphatic carboxylic acids is 1. The Hall–Kier alpha value is -4.22. The third-order valence-electron chi connectivity index (χ3n) is 7.10. The summed E-state index contributed by atoms with van der Waals surface area (Å²) in [6, 6.07) is 21.5. The van der Waals surface area contributed by atoms with Crippen molar-refractivity contribution in [3.05, 3.63) is 101 Å². The second-order valence-corrected chi connectivity index (χ2v) is 12.6. The Morgan fingerprint density at radius 1 is 0.884 bits per heavy atom. The normalized spacial score (nSPS) is 13.4. The van der Waals surface area contributed by atoms with E-state index in [0.717, 1.165) is 21.7 Å². The van der Waals surface area contributed by atoms with Crippen LogP contribution >= 0.6 is 0 Å². The number of rotatable bonds is 15. The van der Waals surface area contributed by atoms with Gasteiger partial charge in [0.1, 0.15) is 6.04 Å². The van der Waals surface area contributed by atoms with Crippen molar-refractivity contribution in [3.63, 3.8) is 0 Å². The Balaban J connectivity index is 1.92. The number of sulfonamides is 1. The number of nitrogens with zero attached hydrogens (tertiary/aromatic N) is 1. The average Bonchev–Trinajstić information content (AvgIpc) is 2.98. The van der Waals surface area contributed by atoms with E-state index in [1.807, 2.05) is 74.5 Å². The van der Waals surface area contributed by atoms with Gasteiger partial charge >= 0.3 is 5.97 Å². The molecule has 0 aromatic heterocycles.